The van der Waals surface area contributed by atoms with Crippen molar-refractivity contribution >= 4 is 27.5 Å². The highest BCUT2D eigenvalue weighted by atomic mass is 79.9. The third kappa shape index (κ3) is 3.83. The van der Waals surface area contributed by atoms with Gasteiger partial charge in [-0.3, -0.25) is 4.79 Å². The van der Waals surface area contributed by atoms with E-state index in [1.807, 2.05) is 12.1 Å². The standard InChI is InChI=1S/C23H27BrN2O2/c1-18-3-2-4-21(17-18)25-11-13-26(14-12-25)22(27)23(9-15-28-16-10-23)19-5-7-20(24)8-6-19/h2-8,17H,9-16H2,1H3. The summed E-state index contributed by atoms with van der Waals surface area (Å²) in [7, 11) is 0. The second-order valence-electron chi connectivity index (χ2n) is 7.82. The van der Waals surface area contributed by atoms with Gasteiger partial charge in [-0.1, -0.05) is 40.2 Å². The highest BCUT2D eigenvalue weighted by molar-refractivity contribution is 9.10. The summed E-state index contributed by atoms with van der Waals surface area (Å²) in [6.07, 6.45) is 1.51. The molecule has 0 spiro atoms. The van der Waals surface area contributed by atoms with Crippen molar-refractivity contribution in [2.75, 3.05) is 44.3 Å². The lowest BCUT2D eigenvalue weighted by molar-refractivity contribution is -0.141. The lowest BCUT2D eigenvalue weighted by Gasteiger charge is -2.43. The average Bonchev–Trinajstić information content (AvgIpc) is 2.74. The van der Waals surface area contributed by atoms with Crippen LogP contribution in [-0.4, -0.2) is 50.2 Å². The van der Waals surface area contributed by atoms with Gasteiger partial charge in [-0.15, -0.1) is 0 Å². The van der Waals surface area contributed by atoms with E-state index in [-0.39, 0.29) is 5.91 Å². The Labute approximate surface area is 175 Å². The smallest absolute Gasteiger partial charge is 0.233 e. The fourth-order valence-electron chi connectivity index (χ4n) is 4.41. The summed E-state index contributed by atoms with van der Waals surface area (Å²) in [5.74, 6) is 0.266. The minimum Gasteiger partial charge on any atom is -0.381 e. The number of carbonyl (C=O) groups excluding carboxylic acids is 1. The monoisotopic (exact) mass is 442 g/mol. The number of hydrogen-bond donors (Lipinski definition) is 0. The molecule has 0 unspecified atom stereocenters. The fraction of sp³-hybridized carbons (Fsp3) is 0.435. The summed E-state index contributed by atoms with van der Waals surface area (Å²) in [5, 5.41) is 0. The fourth-order valence-corrected chi connectivity index (χ4v) is 4.67. The number of ether oxygens (including phenoxy) is 1. The van der Waals surface area contributed by atoms with Crippen molar-refractivity contribution < 1.29 is 9.53 Å². The van der Waals surface area contributed by atoms with Crippen molar-refractivity contribution in [2.24, 2.45) is 0 Å². The molecule has 0 aromatic heterocycles. The molecule has 2 fully saturated rings. The highest BCUT2D eigenvalue weighted by Gasteiger charge is 2.44. The number of halogens is 1. The summed E-state index contributed by atoms with van der Waals surface area (Å²) >= 11 is 3.51. The van der Waals surface area contributed by atoms with E-state index in [2.05, 4.69) is 69.1 Å². The normalized spacial score (nSPS) is 19.5. The van der Waals surface area contributed by atoms with Gasteiger partial charge < -0.3 is 14.5 Å². The molecule has 2 saturated heterocycles. The second-order valence-corrected chi connectivity index (χ2v) is 8.74. The Kier molecular flexibility index (Phi) is 5.74. The number of amides is 1. The summed E-state index contributed by atoms with van der Waals surface area (Å²) in [5.41, 5.74) is 3.18. The molecular formula is C23H27BrN2O2. The van der Waals surface area contributed by atoms with E-state index in [0.717, 1.165) is 49.1 Å². The Morgan fingerprint density at radius 2 is 1.68 bits per heavy atom. The van der Waals surface area contributed by atoms with Crippen LogP contribution in [0.3, 0.4) is 0 Å². The molecule has 4 rings (SSSR count). The molecule has 148 valence electrons. The van der Waals surface area contributed by atoms with E-state index in [1.54, 1.807) is 0 Å². The molecule has 0 atom stereocenters. The predicted molar refractivity (Wildman–Crippen MR) is 116 cm³/mol. The van der Waals surface area contributed by atoms with Gasteiger partial charge in [0.1, 0.15) is 0 Å². The first-order chi connectivity index (χ1) is 13.6. The molecule has 0 aliphatic carbocycles. The molecule has 2 heterocycles. The zero-order valence-corrected chi connectivity index (χ0v) is 18.0. The minimum absolute atomic E-state index is 0.266. The van der Waals surface area contributed by atoms with E-state index in [4.69, 9.17) is 4.74 Å². The first kappa shape index (κ1) is 19.5. The Morgan fingerprint density at radius 3 is 2.32 bits per heavy atom. The number of piperazine rings is 1. The number of aryl methyl sites for hydroxylation is 1. The average molecular weight is 443 g/mol. The van der Waals surface area contributed by atoms with Crippen LogP contribution in [-0.2, 0) is 14.9 Å². The molecule has 2 aliphatic rings. The van der Waals surface area contributed by atoms with Gasteiger partial charge in [0.25, 0.3) is 0 Å². The number of anilines is 1. The number of carbonyl (C=O) groups is 1. The van der Waals surface area contributed by atoms with Gasteiger partial charge in [-0.05, 0) is 55.2 Å². The predicted octanol–water partition coefficient (Wildman–Crippen LogP) is 4.15. The van der Waals surface area contributed by atoms with Gasteiger partial charge in [-0.25, -0.2) is 0 Å². The van der Waals surface area contributed by atoms with Crippen molar-refractivity contribution in [3.05, 3.63) is 64.1 Å². The van der Waals surface area contributed by atoms with Crippen LogP contribution in [0.5, 0.6) is 0 Å². The quantitative estimate of drug-likeness (QED) is 0.715. The van der Waals surface area contributed by atoms with E-state index in [0.29, 0.717) is 13.2 Å². The summed E-state index contributed by atoms with van der Waals surface area (Å²) in [6.45, 7) is 6.70. The van der Waals surface area contributed by atoms with E-state index in [1.165, 1.54) is 11.3 Å². The third-order valence-corrected chi connectivity index (χ3v) is 6.61. The van der Waals surface area contributed by atoms with Crippen LogP contribution in [0.1, 0.15) is 24.0 Å². The Bertz CT molecular complexity index is 823. The first-order valence-corrected chi connectivity index (χ1v) is 10.8. The molecule has 0 saturated carbocycles. The van der Waals surface area contributed by atoms with Crippen molar-refractivity contribution in [3.63, 3.8) is 0 Å². The van der Waals surface area contributed by atoms with Crippen LogP contribution in [0.25, 0.3) is 0 Å². The molecule has 0 radical (unpaired) electrons. The van der Waals surface area contributed by atoms with E-state index >= 15 is 0 Å². The van der Waals surface area contributed by atoms with Crippen molar-refractivity contribution in [1.82, 2.24) is 4.90 Å². The van der Waals surface area contributed by atoms with Crippen LogP contribution in [0.2, 0.25) is 0 Å². The maximum absolute atomic E-state index is 13.7. The molecular weight excluding hydrogens is 416 g/mol. The van der Waals surface area contributed by atoms with E-state index < -0.39 is 5.41 Å². The van der Waals surface area contributed by atoms with Crippen LogP contribution in [0.4, 0.5) is 5.69 Å². The van der Waals surface area contributed by atoms with Crippen LogP contribution in [0, 0.1) is 6.92 Å². The molecule has 28 heavy (non-hydrogen) atoms. The lowest BCUT2D eigenvalue weighted by Crippen LogP contribution is -2.56. The van der Waals surface area contributed by atoms with Crippen LogP contribution in [0.15, 0.2) is 53.0 Å². The van der Waals surface area contributed by atoms with Gasteiger partial charge in [0, 0.05) is 49.6 Å². The number of hydrogen-bond acceptors (Lipinski definition) is 3. The molecule has 4 nitrogen and oxygen atoms in total. The largest absolute Gasteiger partial charge is 0.381 e. The Hall–Kier alpha value is -1.85. The SMILES string of the molecule is Cc1cccc(N2CCN(C(=O)C3(c4ccc(Br)cc4)CCOCC3)CC2)c1. The van der Waals surface area contributed by atoms with Crippen molar-refractivity contribution in [3.8, 4) is 0 Å². The van der Waals surface area contributed by atoms with Gasteiger partial charge in [0.15, 0.2) is 0 Å². The molecule has 2 aliphatic heterocycles. The number of nitrogens with zero attached hydrogens (tertiary/aromatic N) is 2. The molecule has 0 N–H and O–H groups in total. The minimum atomic E-state index is -0.454. The summed E-state index contributed by atoms with van der Waals surface area (Å²) < 4.78 is 6.64. The van der Waals surface area contributed by atoms with Gasteiger partial charge in [0.2, 0.25) is 5.91 Å². The van der Waals surface area contributed by atoms with Gasteiger partial charge in [-0.2, -0.15) is 0 Å². The molecule has 0 bridgehead atoms. The Morgan fingerprint density at radius 1 is 1.00 bits per heavy atom. The molecule has 1 amide bonds. The molecule has 5 heteroatoms. The van der Waals surface area contributed by atoms with Gasteiger partial charge >= 0.3 is 0 Å². The highest BCUT2D eigenvalue weighted by Crippen LogP contribution is 2.37. The zero-order chi connectivity index (χ0) is 19.6. The second kappa shape index (κ2) is 8.26. The van der Waals surface area contributed by atoms with Gasteiger partial charge in [0.05, 0.1) is 5.41 Å². The van der Waals surface area contributed by atoms with E-state index in [9.17, 15) is 4.79 Å². The third-order valence-electron chi connectivity index (χ3n) is 6.09. The zero-order valence-electron chi connectivity index (χ0n) is 16.4. The topological polar surface area (TPSA) is 32.8 Å². The summed E-state index contributed by atoms with van der Waals surface area (Å²) in [4.78, 5) is 18.1. The molecule has 2 aromatic carbocycles. The molecule has 2 aromatic rings. The Balaban J connectivity index is 1.51. The number of rotatable bonds is 3. The first-order valence-electron chi connectivity index (χ1n) is 10.0. The summed E-state index contributed by atoms with van der Waals surface area (Å²) in [6, 6.07) is 16.9. The number of benzene rings is 2. The van der Waals surface area contributed by atoms with Crippen LogP contribution < -0.4 is 4.90 Å². The van der Waals surface area contributed by atoms with Crippen molar-refractivity contribution in [2.45, 2.75) is 25.2 Å². The van der Waals surface area contributed by atoms with Crippen molar-refractivity contribution in [1.29, 1.82) is 0 Å². The maximum Gasteiger partial charge on any atom is 0.233 e. The maximum atomic E-state index is 13.7. The van der Waals surface area contributed by atoms with Crippen LogP contribution >= 0.6 is 15.9 Å². The lowest BCUT2D eigenvalue weighted by atomic mass is 9.73.